The standard InChI is InChI=1S/C37H52N2O5S/c1-24-9-13-27(14-10-24)34(41)38-23-37(22-32(38)40)19-17-29(18-20-37)39(35(42)28-15-11-25(2)12-16-28)30-21-31(26-7-5-4-6-8-26)45-33(30)36(43)44-3/h7,21,24-25,27-29H,4-6,8-20,22-23H2,1-3H3. The number of carbonyl (C=O) groups is 4. The predicted octanol–water partition coefficient (Wildman–Crippen LogP) is 8.17. The molecule has 1 spiro atoms. The number of allylic oxidation sites excluding steroid dienone is 2. The second-order valence-electron chi connectivity index (χ2n) is 15.1. The fraction of sp³-hybridized carbons (Fsp3) is 0.730. The molecule has 3 amide bonds. The zero-order valence-electron chi connectivity index (χ0n) is 27.6. The van der Waals surface area contributed by atoms with Crippen LogP contribution in [0.15, 0.2) is 12.1 Å². The van der Waals surface area contributed by atoms with Crippen molar-refractivity contribution in [2.45, 2.75) is 129 Å². The number of hydrogen-bond donors (Lipinski definition) is 0. The Morgan fingerprint density at radius 2 is 1.56 bits per heavy atom. The fourth-order valence-corrected chi connectivity index (χ4v) is 9.99. The lowest BCUT2D eigenvalue weighted by Crippen LogP contribution is -2.48. The monoisotopic (exact) mass is 636 g/mol. The van der Waals surface area contributed by atoms with Crippen LogP contribution in [0.5, 0.6) is 0 Å². The fourth-order valence-electron chi connectivity index (χ4n) is 8.85. The Labute approximate surface area is 273 Å². The Morgan fingerprint density at radius 3 is 2.16 bits per heavy atom. The van der Waals surface area contributed by atoms with Crippen LogP contribution in [0.4, 0.5) is 5.69 Å². The van der Waals surface area contributed by atoms with E-state index in [2.05, 4.69) is 26.0 Å². The quantitative estimate of drug-likeness (QED) is 0.232. The number of ether oxygens (including phenoxy) is 1. The SMILES string of the molecule is COC(=O)c1sc(C2=CCCCC2)cc1N(C(=O)C1CCC(C)CC1)C1CCC2(CC1)CC(=O)N(C(=O)C1CCC(C)CC1)C2. The molecule has 4 aliphatic carbocycles. The maximum absolute atomic E-state index is 14.5. The zero-order chi connectivity index (χ0) is 31.7. The summed E-state index contributed by atoms with van der Waals surface area (Å²) in [6.07, 6.45) is 18.0. The van der Waals surface area contributed by atoms with Crippen LogP contribution in [0.1, 0.15) is 138 Å². The number of methoxy groups -OCH3 is 1. The molecule has 246 valence electrons. The largest absolute Gasteiger partial charge is 0.465 e. The molecule has 5 aliphatic rings. The summed E-state index contributed by atoms with van der Waals surface area (Å²) in [5.41, 5.74) is 1.77. The third kappa shape index (κ3) is 6.82. The Kier molecular flexibility index (Phi) is 9.89. The van der Waals surface area contributed by atoms with E-state index in [0.717, 1.165) is 101 Å². The summed E-state index contributed by atoms with van der Waals surface area (Å²) in [6, 6.07) is 2.04. The molecular weight excluding hydrogens is 584 g/mol. The van der Waals surface area contributed by atoms with Gasteiger partial charge in [-0.3, -0.25) is 19.3 Å². The Hall–Kier alpha value is -2.48. The lowest BCUT2D eigenvalue weighted by Gasteiger charge is -2.43. The van der Waals surface area contributed by atoms with E-state index < -0.39 is 0 Å². The molecule has 2 heterocycles. The summed E-state index contributed by atoms with van der Waals surface area (Å²) in [5, 5.41) is 0. The normalized spacial score (nSPS) is 32.3. The summed E-state index contributed by atoms with van der Waals surface area (Å²) in [7, 11) is 1.42. The van der Waals surface area contributed by atoms with Crippen LogP contribution in [-0.2, 0) is 19.1 Å². The minimum atomic E-state index is -0.382. The van der Waals surface area contributed by atoms with Gasteiger partial charge in [-0.25, -0.2) is 4.79 Å². The average molecular weight is 637 g/mol. The van der Waals surface area contributed by atoms with E-state index in [1.54, 1.807) is 4.90 Å². The van der Waals surface area contributed by atoms with Crippen molar-refractivity contribution < 1.29 is 23.9 Å². The molecule has 1 aromatic heterocycles. The van der Waals surface area contributed by atoms with Crippen molar-refractivity contribution in [3.8, 4) is 0 Å². The topological polar surface area (TPSA) is 84.0 Å². The van der Waals surface area contributed by atoms with E-state index in [1.165, 1.54) is 30.4 Å². The van der Waals surface area contributed by atoms with Crippen LogP contribution in [-0.4, -0.2) is 48.3 Å². The third-order valence-corrected chi connectivity index (χ3v) is 13.1. The van der Waals surface area contributed by atoms with E-state index in [0.29, 0.717) is 35.4 Å². The molecule has 0 radical (unpaired) electrons. The molecule has 45 heavy (non-hydrogen) atoms. The van der Waals surface area contributed by atoms with Crippen molar-refractivity contribution in [2.24, 2.45) is 29.1 Å². The van der Waals surface area contributed by atoms with Gasteiger partial charge in [-0.1, -0.05) is 19.9 Å². The van der Waals surface area contributed by atoms with Gasteiger partial charge in [0.15, 0.2) is 0 Å². The lowest BCUT2D eigenvalue weighted by molar-refractivity contribution is -0.145. The zero-order valence-corrected chi connectivity index (χ0v) is 28.4. The van der Waals surface area contributed by atoms with Crippen molar-refractivity contribution in [3.63, 3.8) is 0 Å². The van der Waals surface area contributed by atoms with Crippen LogP contribution in [0.25, 0.3) is 5.57 Å². The van der Waals surface area contributed by atoms with Gasteiger partial charge in [-0.05, 0) is 132 Å². The van der Waals surface area contributed by atoms with Gasteiger partial charge in [0.05, 0.1) is 12.8 Å². The summed E-state index contributed by atoms with van der Waals surface area (Å²) in [5.74, 6) is 1.01. The number of imide groups is 1. The van der Waals surface area contributed by atoms with Crippen molar-refractivity contribution >= 4 is 46.3 Å². The minimum Gasteiger partial charge on any atom is -0.465 e. The highest BCUT2D eigenvalue weighted by Crippen LogP contribution is 2.49. The minimum absolute atomic E-state index is 0.0162. The van der Waals surface area contributed by atoms with E-state index in [4.69, 9.17) is 4.74 Å². The highest BCUT2D eigenvalue weighted by Gasteiger charge is 2.50. The van der Waals surface area contributed by atoms with Crippen LogP contribution < -0.4 is 4.90 Å². The number of rotatable bonds is 6. The highest BCUT2D eigenvalue weighted by atomic mass is 32.1. The number of carbonyl (C=O) groups excluding carboxylic acids is 4. The van der Waals surface area contributed by atoms with Crippen molar-refractivity contribution in [1.82, 2.24) is 4.90 Å². The number of amides is 3. The molecule has 0 atom stereocenters. The molecule has 8 heteroatoms. The highest BCUT2D eigenvalue weighted by molar-refractivity contribution is 7.15. The Morgan fingerprint density at radius 1 is 0.911 bits per heavy atom. The van der Waals surface area contributed by atoms with E-state index in [1.807, 2.05) is 4.90 Å². The van der Waals surface area contributed by atoms with Gasteiger partial charge in [0.2, 0.25) is 17.7 Å². The number of hydrogen-bond acceptors (Lipinski definition) is 6. The first kappa shape index (κ1) is 32.5. The molecule has 0 aromatic carbocycles. The molecule has 0 unspecified atom stereocenters. The van der Waals surface area contributed by atoms with Gasteiger partial charge in [0, 0.05) is 35.7 Å². The molecule has 7 nitrogen and oxygen atoms in total. The number of nitrogens with zero attached hydrogens (tertiary/aromatic N) is 2. The molecule has 0 bridgehead atoms. The van der Waals surface area contributed by atoms with Crippen molar-refractivity contribution in [2.75, 3.05) is 18.6 Å². The molecule has 3 saturated carbocycles. The lowest BCUT2D eigenvalue weighted by atomic mass is 9.71. The number of anilines is 1. The predicted molar refractivity (Wildman–Crippen MR) is 178 cm³/mol. The molecule has 4 fully saturated rings. The first-order chi connectivity index (χ1) is 21.7. The van der Waals surface area contributed by atoms with E-state index in [9.17, 15) is 19.2 Å². The van der Waals surface area contributed by atoms with Gasteiger partial charge in [-0.2, -0.15) is 0 Å². The van der Waals surface area contributed by atoms with E-state index in [-0.39, 0.29) is 47.0 Å². The summed E-state index contributed by atoms with van der Waals surface area (Å²) < 4.78 is 5.27. The maximum Gasteiger partial charge on any atom is 0.350 e. The molecule has 1 aliphatic heterocycles. The Bertz CT molecular complexity index is 1310. The molecule has 1 aromatic rings. The molecular formula is C37H52N2O5S. The van der Waals surface area contributed by atoms with Gasteiger partial charge < -0.3 is 9.64 Å². The third-order valence-electron chi connectivity index (χ3n) is 11.9. The van der Waals surface area contributed by atoms with Crippen LogP contribution >= 0.6 is 11.3 Å². The first-order valence-electron chi connectivity index (χ1n) is 17.8. The summed E-state index contributed by atoms with van der Waals surface area (Å²) >= 11 is 1.47. The average Bonchev–Trinajstić information content (AvgIpc) is 3.64. The summed E-state index contributed by atoms with van der Waals surface area (Å²) in [4.78, 5) is 59.6. The summed E-state index contributed by atoms with van der Waals surface area (Å²) in [6.45, 7) is 5.03. The van der Waals surface area contributed by atoms with Crippen LogP contribution in [0.2, 0.25) is 0 Å². The van der Waals surface area contributed by atoms with Gasteiger partial charge in [-0.15, -0.1) is 11.3 Å². The van der Waals surface area contributed by atoms with Crippen LogP contribution in [0, 0.1) is 29.1 Å². The number of thiophene rings is 1. The molecule has 1 saturated heterocycles. The van der Waals surface area contributed by atoms with E-state index >= 15 is 0 Å². The van der Waals surface area contributed by atoms with Gasteiger partial charge in [0.1, 0.15) is 4.88 Å². The van der Waals surface area contributed by atoms with Crippen molar-refractivity contribution in [1.29, 1.82) is 0 Å². The van der Waals surface area contributed by atoms with Gasteiger partial charge >= 0.3 is 5.97 Å². The number of esters is 1. The number of likely N-dealkylation sites (tertiary alicyclic amines) is 1. The smallest absolute Gasteiger partial charge is 0.350 e. The first-order valence-corrected chi connectivity index (χ1v) is 18.6. The maximum atomic E-state index is 14.5. The second kappa shape index (κ2) is 13.7. The second-order valence-corrected chi connectivity index (χ2v) is 16.2. The Balaban J connectivity index is 1.24. The molecule has 6 rings (SSSR count). The van der Waals surface area contributed by atoms with Crippen LogP contribution in [0.3, 0.4) is 0 Å². The van der Waals surface area contributed by atoms with Gasteiger partial charge in [0.25, 0.3) is 0 Å². The molecule has 0 N–H and O–H groups in total. The van der Waals surface area contributed by atoms with Crippen molar-refractivity contribution in [3.05, 3.63) is 21.9 Å².